The predicted octanol–water partition coefficient (Wildman–Crippen LogP) is -0.0145. The van der Waals surface area contributed by atoms with Crippen molar-refractivity contribution in [1.29, 1.82) is 0 Å². The normalized spacial score (nSPS) is 19.6. The van der Waals surface area contributed by atoms with Crippen molar-refractivity contribution >= 4 is 27.5 Å². The number of ether oxygens (including phenoxy) is 1. The first-order valence-electron chi connectivity index (χ1n) is 9.50. The van der Waals surface area contributed by atoms with Crippen LogP contribution < -0.4 is 5.32 Å². The molecule has 2 aliphatic rings. The fourth-order valence-corrected chi connectivity index (χ4v) is 4.42. The SMILES string of the molecule is CCn1ncc(NC(=O)C2CCN(S(C)(=O)=O)CC2)c1C(=O)N1CCOCC1. The van der Waals surface area contributed by atoms with E-state index in [4.69, 9.17) is 4.74 Å². The molecule has 28 heavy (non-hydrogen) atoms. The van der Waals surface area contributed by atoms with Crippen LogP contribution in [0.3, 0.4) is 0 Å². The number of hydrogen-bond acceptors (Lipinski definition) is 6. The number of anilines is 1. The van der Waals surface area contributed by atoms with Gasteiger partial charge in [0.25, 0.3) is 5.91 Å². The number of piperidine rings is 1. The molecule has 11 heteroatoms. The van der Waals surface area contributed by atoms with Gasteiger partial charge >= 0.3 is 0 Å². The van der Waals surface area contributed by atoms with Gasteiger partial charge < -0.3 is 15.0 Å². The lowest BCUT2D eigenvalue weighted by Crippen LogP contribution is -2.42. The summed E-state index contributed by atoms with van der Waals surface area (Å²) in [6, 6.07) is 0. The number of hydrogen-bond donors (Lipinski definition) is 1. The van der Waals surface area contributed by atoms with Gasteiger partial charge in [-0.1, -0.05) is 0 Å². The summed E-state index contributed by atoms with van der Waals surface area (Å²) in [6.07, 6.45) is 3.58. The lowest BCUT2D eigenvalue weighted by atomic mass is 9.97. The Labute approximate surface area is 164 Å². The van der Waals surface area contributed by atoms with E-state index in [0.29, 0.717) is 70.2 Å². The molecule has 0 bridgehead atoms. The summed E-state index contributed by atoms with van der Waals surface area (Å²) in [5.74, 6) is -0.681. The lowest BCUT2D eigenvalue weighted by molar-refractivity contribution is -0.120. The molecule has 0 unspecified atom stereocenters. The van der Waals surface area contributed by atoms with Crippen molar-refractivity contribution in [3.8, 4) is 0 Å². The average molecular weight is 414 g/mol. The van der Waals surface area contributed by atoms with Gasteiger partial charge in [-0.05, 0) is 19.8 Å². The minimum atomic E-state index is -3.24. The zero-order valence-electron chi connectivity index (χ0n) is 16.3. The van der Waals surface area contributed by atoms with Crippen LogP contribution in [0.15, 0.2) is 6.20 Å². The molecule has 1 N–H and O–H groups in total. The van der Waals surface area contributed by atoms with Crippen molar-refractivity contribution in [1.82, 2.24) is 19.0 Å². The third-order valence-electron chi connectivity index (χ3n) is 5.19. The number of aryl methyl sites for hydroxylation is 1. The molecular weight excluding hydrogens is 386 g/mol. The van der Waals surface area contributed by atoms with E-state index < -0.39 is 10.0 Å². The molecule has 3 rings (SSSR count). The number of carbonyl (C=O) groups excluding carboxylic acids is 2. The fraction of sp³-hybridized carbons (Fsp3) is 0.706. The van der Waals surface area contributed by atoms with Gasteiger partial charge in [-0.25, -0.2) is 12.7 Å². The van der Waals surface area contributed by atoms with Crippen LogP contribution in [0.25, 0.3) is 0 Å². The lowest BCUT2D eigenvalue weighted by Gasteiger charge is -2.29. The summed E-state index contributed by atoms with van der Waals surface area (Å²) in [5, 5.41) is 7.07. The van der Waals surface area contributed by atoms with E-state index in [0.717, 1.165) is 0 Å². The summed E-state index contributed by atoms with van der Waals surface area (Å²) in [7, 11) is -3.24. The van der Waals surface area contributed by atoms with Gasteiger partial charge in [-0.3, -0.25) is 14.3 Å². The van der Waals surface area contributed by atoms with Gasteiger partial charge in [0.2, 0.25) is 15.9 Å². The maximum atomic E-state index is 13.0. The van der Waals surface area contributed by atoms with Crippen LogP contribution in [-0.4, -0.2) is 84.9 Å². The quantitative estimate of drug-likeness (QED) is 0.726. The summed E-state index contributed by atoms with van der Waals surface area (Å²) >= 11 is 0. The number of rotatable bonds is 5. The summed E-state index contributed by atoms with van der Waals surface area (Å²) in [6.45, 7) is 5.04. The van der Waals surface area contributed by atoms with Crippen molar-refractivity contribution in [3.63, 3.8) is 0 Å². The molecule has 10 nitrogen and oxygen atoms in total. The van der Waals surface area contributed by atoms with E-state index in [2.05, 4.69) is 10.4 Å². The molecule has 1 aromatic rings. The largest absolute Gasteiger partial charge is 0.378 e. The summed E-state index contributed by atoms with van der Waals surface area (Å²) < 4.78 is 31.5. The molecule has 2 fully saturated rings. The predicted molar refractivity (Wildman–Crippen MR) is 102 cm³/mol. The van der Waals surface area contributed by atoms with E-state index >= 15 is 0 Å². The molecule has 1 aromatic heterocycles. The highest BCUT2D eigenvalue weighted by Gasteiger charge is 2.31. The molecule has 2 amide bonds. The molecule has 0 saturated carbocycles. The Balaban J connectivity index is 1.70. The number of carbonyl (C=O) groups is 2. The maximum absolute atomic E-state index is 13.0. The number of sulfonamides is 1. The van der Waals surface area contributed by atoms with Crippen LogP contribution in [-0.2, 0) is 26.1 Å². The highest BCUT2D eigenvalue weighted by molar-refractivity contribution is 7.88. The van der Waals surface area contributed by atoms with Gasteiger partial charge in [-0.15, -0.1) is 0 Å². The Bertz CT molecular complexity index is 823. The number of nitrogens with one attached hydrogen (secondary N) is 1. The van der Waals surface area contributed by atoms with Crippen LogP contribution in [0.4, 0.5) is 5.69 Å². The zero-order valence-corrected chi connectivity index (χ0v) is 17.1. The van der Waals surface area contributed by atoms with Crippen LogP contribution in [0, 0.1) is 5.92 Å². The molecule has 0 atom stereocenters. The smallest absolute Gasteiger partial charge is 0.274 e. The number of amides is 2. The summed E-state index contributed by atoms with van der Waals surface area (Å²) in [5.41, 5.74) is 0.764. The molecule has 0 aliphatic carbocycles. The first kappa shape index (κ1) is 20.7. The van der Waals surface area contributed by atoms with Crippen molar-refractivity contribution in [2.24, 2.45) is 5.92 Å². The van der Waals surface area contributed by atoms with Crippen LogP contribution >= 0.6 is 0 Å². The standard InChI is InChI=1S/C17H27N5O5S/c1-3-22-15(17(24)20-8-10-27-11-9-20)14(12-18-22)19-16(23)13-4-6-21(7-5-13)28(2,25)26/h12-13H,3-11H2,1-2H3,(H,19,23). The molecule has 3 heterocycles. The van der Waals surface area contributed by atoms with E-state index in [1.165, 1.54) is 16.8 Å². The zero-order chi connectivity index (χ0) is 20.3. The topological polar surface area (TPSA) is 114 Å². The Kier molecular flexibility index (Phi) is 6.36. The Morgan fingerprint density at radius 3 is 2.43 bits per heavy atom. The second-order valence-corrected chi connectivity index (χ2v) is 9.04. The summed E-state index contributed by atoms with van der Waals surface area (Å²) in [4.78, 5) is 27.4. The second kappa shape index (κ2) is 8.58. The van der Waals surface area contributed by atoms with Gasteiger partial charge in [0.05, 0.1) is 31.4 Å². The average Bonchev–Trinajstić information content (AvgIpc) is 3.10. The van der Waals surface area contributed by atoms with Crippen molar-refractivity contribution < 1.29 is 22.7 Å². The first-order valence-corrected chi connectivity index (χ1v) is 11.3. The third-order valence-corrected chi connectivity index (χ3v) is 6.49. The molecule has 156 valence electrons. The number of nitrogens with zero attached hydrogens (tertiary/aromatic N) is 4. The van der Waals surface area contributed by atoms with Gasteiger partial charge in [0, 0.05) is 38.6 Å². The highest BCUT2D eigenvalue weighted by atomic mass is 32.2. The van der Waals surface area contributed by atoms with Gasteiger partial charge in [0.1, 0.15) is 5.69 Å². The van der Waals surface area contributed by atoms with E-state index in [1.54, 1.807) is 9.58 Å². The molecular formula is C17H27N5O5S. The Morgan fingerprint density at radius 2 is 1.86 bits per heavy atom. The molecule has 2 saturated heterocycles. The molecule has 0 spiro atoms. The third kappa shape index (κ3) is 4.53. The van der Waals surface area contributed by atoms with Crippen molar-refractivity contribution in [2.75, 3.05) is 51.0 Å². The molecule has 0 aromatic carbocycles. The second-order valence-electron chi connectivity index (χ2n) is 7.05. The monoisotopic (exact) mass is 413 g/mol. The maximum Gasteiger partial charge on any atom is 0.274 e. The molecule has 0 radical (unpaired) electrons. The highest BCUT2D eigenvalue weighted by Crippen LogP contribution is 2.23. The first-order chi connectivity index (χ1) is 13.3. The number of morpholine rings is 1. The van der Waals surface area contributed by atoms with Crippen LogP contribution in [0.1, 0.15) is 30.3 Å². The van der Waals surface area contributed by atoms with E-state index in [1.807, 2.05) is 6.92 Å². The Morgan fingerprint density at radius 1 is 1.21 bits per heavy atom. The number of aromatic nitrogens is 2. The minimum absolute atomic E-state index is 0.176. The van der Waals surface area contributed by atoms with E-state index in [9.17, 15) is 18.0 Å². The minimum Gasteiger partial charge on any atom is -0.378 e. The van der Waals surface area contributed by atoms with Crippen molar-refractivity contribution in [2.45, 2.75) is 26.3 Å². The van der Waals surface area contributed by atoms with Crippen LogP contribution in [0.2, 0.25) is 0 Å². The van der Waals surface area contributed by atoms with E-state index in [-0.39, 0.29) is 17.7 Å². The van der Waals surface area contributed by atoms with Crippen molar-refractivity contribution in [3.05, 3.63) is 11.9 Å². The molecule has 2 aliphatic heterocycles. The Hall–Kier alpha value is -1.98. The van der Waals surface area contributed by atoms with Gasteiger partial charge in [0.15, 0.2) is 0 Å². The van der Waals surface area contributed by atoms with Gasteiger partial charge in [-0.2, -0.15) is 5.10 Å². The van der Waals surface area contributed by atoms with Crippen LogP contribution in [0.5, 0.6) is 0 Å². The fourth-order valence-electron chi connectivity index (χ4n) is 3.54.